The van der Waals surface area contributed by atoms with Gasteiger partial charge in [0.1, 0.15) is 18.1 Å². The van der Waals surface area contributed by atoms with E-state index in [4.69, 9.17) is 33.3 Å². The van der Waals surface area contributed by atoms with Crippen molar-refractivity contribution in [2.75, 3.05) is 12.4 Å². The normalized spacial score (nSPS) is 10.1. The minimum Gasteiger partial charge on any atom is -0.497 e. The summed E-state index contributed by atoms with van der Waals surface area (Å²) in [4.78, 5) is 12.7. The Kier molecular flexibility index (Phi) is 7.05. The molecule has 0 heterocycles. The Labute approximate surface area is 179 Å². The van der Waals surface area contributed by atoms with Crippen molar-refractivity contribution in [3.8, 4) is 11.5 Å². The van der Waals surface area contributed by atoms with Crippen LogP contribution in [0, 0.1) is 0 Å². The number of nitrogens with one attached hydrogen (secondary N) is 2. The Morgan fingerprint density at radius 1 is 1.00 bits per heavy atom. The molecule has 0 unspecified atom stereocenters. The quantitative estimate of drug-likeness (QED) is 0.540. The van der Waals surface area contributed by atoms with Crippen molar-refractivity contribution in [2.24, 2.45) is 0 Å². The smallest absolute Gasteiger partial charge is 0.257 e. The molecular formula is C22H19ClN2O3S. The van der Waals surface area contributed by atoms with Gasteiger partial charge in [-0.15, -0.1) is 0 Å². The fourth-order valence-corrected chi connectivity index (χ4v) is 3.00. The molecule has 0 fully saturated rings. The van der Waals surface area contributed by atoms with Gasteiger partial charge in [-0.3, -0.25) is 10.1 Å². The Hall–Kier alpha value is -3.09. The number of carbonyl (C=O) groups excluding carboxylic acids is 1. The van der Waals surface area contributed by atoms with Crippen LogP contribution < -0.4 is 20.1 Å². The number of carbonyl (C=O) groups is 1. The molecule has 5 nitrogen and oxygen atoms in total. The van der Waals surface area contributed by atoms with Gasteiger partial charge >= 0.3 is 0 Å². The molecule has 0 saturated heterocycles. The minimum atomic E-state index is -0.321. The number of benzene rings is 3. The third kappa shape index (κ3) is 5.94. The Morgan fingerprint density at radius 2 is 1.72 bits per heavy atom. The van der Waals surface area contributed by atoms with Gasteiger partial charge in [0.25, 0.3) is 5.91 Å². The van der Waals surface area contributed by atoms with Crippen LogP contribution in [0.1, 0.15) is 15.9 Å². The number of ether oxygens (including phenoxy) is 2. The monoisotopic (exact) mass is 426 g/mol. The molecule has 3 rings (SSSR count). The lowest BCUT2D eigenvalue weighted by Gasteiger charge is -2.13. The molecule has 29 heavy (non-hydrogen) atoms. The van der Waals surface area contributed by atoms with E-state index >= 15 is 0 Å². The molecule has 3 aromatic rings. The second kappa shape index (κ2) is 9.91. The van der Waals surface area contributed by atoms with Crippen molar-refractivity contribution in [3.05, 3.63) is 88.9 Å². The number of amides is 1. The zero-order valence-electron chi connectivity index (χ0n) is 15.6. The lowest BCUT2D eigenvalue weighted by molar-refractivity contribution is 0.0975. The van der Waals surface area contributed by atoms with E-state index in [1.807, 2.05) is 36.4 Å². The van der Waals surface area contributed by atoms with Gasteiger partial charge in [-0.05, 0) is 60.7 Å². The van der Waals surface area contributed by atoms with E-state index in [1.165, 1.54) is 0 Å². The van der Waals surface area contributed by atoms with Crippen molar-refractivity contribution in [3.63, 3.8) is 0 Å². The highest BCUT2D eigenvalue weighted by Gasteiger charge is 2.13. The first-order valence-electron chi connectivity index (χ1n) is 8.78. The van der Waals surface area contributed by atoms with Gasteiger partial charge in [0.15, 0.2) is 5.11 Å². The Balaban J connectivity index is 1.63. The van der Waals surface area contributed by atoms with Gasteiger partial charge in [0.05, 0.1) is 7.11 Å². The summed E-state index contributed by atoms with van der Waals surface area (Å²) in [6, 6.07) is 21.5. The number of hydrogen-bond acceptors (Lipinski definition) is 4. The third-order valence-electron chi connectivity index (χ3n) is 4.03. The van der Waals surface area contributed by atoms with Crippen LogP contribution in [-0.4, -0.2) is 18.1 Å². The van der Waals surface area contributed by atoms with Gasteiger partial charge in [-0.25, -0.2) is 0 Å². The van der Waals surface area contributed by atoms with E-state index in [0.717, 1.165) is 11.3 Å². The first kappa shape index (κ1) is 20.6. The van der Waals surface area contributed by atoms with Crippen LogP contribution in [0.4, 0.5) is 5.69 Å². The maximum Gasteiger partial charge on any atom is 0.257 e. The third-order valence-corrected chi connectivity index (χ3v) is 4.46. The summed E-state index contributed by atoms with van der Waals surface area (Å²) < 4.78 is 10.9. The fourth-order valence-electron chi connectivity index (χ4n) is 2.60. The van der Waals surface area contributed by atoms with Crippen LogP contribution in [0.2, 0.25) is 5.02 Å². The predicted octanol–water partition coefficient (Wildman–Crippen LogP) is 5.05. The van der Waals surface area contributed by atoms with Crippen molar-refractivity contribution in [1.82, 2.24) is 5.32 Å². The molecule has 0 saturated carbocycles. The highest BCUT2D eigenvalue weighted by Crippen LogP contribution is 2.19. The molecule has 0 spiro atoms. The van der Waals surface area contributed by atoms with Crippen LogP contribution in [0.15, 0.2) is 72.8 Å². The summed E-state index contributed by atoms with van der Waals surface area (Å²) in [5, 5.41) is 6.39. The summed E-state index contributed by atoms with van der Waals surface area (Å²) in [6.45, 7) is 0.240. The number of anilines is 1. The highest BCUT2D eigenvalue weighted by molar-refractivity contribution is 7.80. The topological polar surface area (TPSA) is 59.6 Å². The number of rotatable bonds is 6. The summed E-state index contributed by atoms with van der Waals surface area (Å²) >= 11 is 11.2. The summed E-state index contributed by atoms with van der Waals surface area (Å²) in [5.41, 5.74) is 1.92. The predicted molar refractivity (Wildman–Crippen MR) is 119 cm³/mol. The first-order chi connectivity index (χ1) is 14.0. The molecule has 0 aliphatic heterocycles. The van der Waals surface area contributed by atoms with E-state index in [9.17, 15) is 4.79 Å². The lowest BCUT2D eigenvalue weighted by atomic mass is 10.1. The van der Waals surface area contributed by atoms with Gasteiger partial charge < -0.3 is 14.8 Å². The molecule has 1 amide bonds. The Bertz CT molecular complexity index is 1010. The van der Waals surface area contributed by atoms with Crippen LogP contribution >= 0.6 is 23.8 Å². The van der Waals surface area contributed by atoms with Gasteiger partial charge in [-0.1, -0.05) is 35.9 Å². The second-order valence-corrected chi connectivity index (χ2v) is 6.88. The molecule has 0 aliphatic carbocycles. The summed E-state index contributed by atoms with van der Waals surface area (Å²) in [7, 11) is 1.61. The number of hydrogen-bond donors (Lipinski definition) is 2. The average Bonchev–Trinajstić information content (AvgIpc) is 2.72. The lowest BCUT2D eigenvalue weighted by Crippen LogP contribution is -2.34. The van der Waals surface area contributed by atoms with Crippen LogP contribution in [0.25, 0.3) is 0 Å². The van der Waals surface area contributed by atoms with Crippen molar-refractivity contribution < 1.29 is 14.3 Å². The van der Waals surface area contributed by atoms with Crippen LogP contribution in [-0.2, 0) is 6.61 Å². The molecule has 0 aliphatic rings. The SMILES string of the molecule is COc1ccc(OCc2ccccc2C(=O)NC(=S)Nc2cccc(Cl)c2)cc1. The molecule has 148 valence electrons. The molecule has 0 bridgehead atoms. The molecule has 3 aromatic carbocycles. The summed E-state index contributed by atoms with van der Waals surface area (Å²) in [6.07, 6.45) is 0. The van der Waals surface area contributed by atoms with Gasteiger partial charge in [0.2, 0.25) is 0 Å². The summed E-state index contributed by atoms with van der Waals surface area (Å²) in [5.74, 6) is 1.11. The van der Waals surface area contributed by atoms with Crippen molar-refractivity contribution in [2.45, 2.75) is 6.61 Å². The maximum atomic E-state index is 12.7. The minimum absolute atomic E-state index is 0.183. The zero-order chi connectivity index (χ0) is 20.6. The highest BCUT2D eigenvalue weighted by atomic mass is 35.5. The molecule has 0 radical (unpaired) electrons. The van der Waals surface area contributed by atoms with Crippen molar-refractivity contribution in [1.29, 1.82) is 0 Å². The van der Waals surface area contributed by atoms with E-state index < -0.39 is 0 Å². The van der Waals surface area contributed by atoms with Gasteiger partial charge in [0, 0.05) is 21.8 Å². The largest absolute Gasteiger partial charge is 0.497 e. The zero-order valence-corrected chi connectivity index (χ0v) is 17.2. The van der Waals surface area contributed by atoms with Crippen LogP contribution in [0.5, 0.6) is 11.5 Å². The fraction of sp³-hybridized carbons (Fsp3) is 0.0909. The molecule has 7 heteroatoms. The average molecular weight is 427 g/mol. The number of halogens is 1. The molecule has 0 aromatic heterocycles. The van der Waals surface area contributed by atoms with Crippen LogP contribution in [0.3, 0.4) is 0 Å². The van der Waals surface area contributed by atoms with E-state index in [0.29, 0.717) is 22.0 Å². The number of methoxy groups -OCH3 is 1. The van der Waals surface area contributed by atoms with E-state index in [2.05, 4.69) is 10.6 Å². The first-order valence-corrected chi connectivity index (χ1v) is 9.56. The maximum absolute atomic E-state index is 12.7. The van der Waals surface area contributed by atoms with Crippen molar-refractivity contribution >= 4 is 40.5 Å². The Morgan fingerprint density at radius 3 is 2.45 bits per heavy atom. The molecular weight excluding hydrogens is 408 g/mol. The van der Waals surface area contributed by atoms with E-state index in [1.54, 1.807) is 43.5 Å². The standard InChI is InChI=1S/C22H19ClN2O3S/c1-27-18-9-11-19(12-10-18)28-14-15-5-2-3-8-20(15)21(26)25-22(29)24-17-7-4-6-16(23)13-17/h2-13H,14H2,1H3,(H2,24,25,26,29). The molecule has 0 atom stereocenters. The molecule has 2 N–H and O–H groups in total. The number of thiocarbonyl (C=S) groups is 1. The second-order valence-electron chi connectivity index (χ2n) is 6.04. The van der Waals surface area contributed by atoms with E-state index in [-0.39, 0.29) is 17.6 Å². The van der Waals surface area contributed by atoms with Gasteiger partial charge in [-0.2, -0.15) is 0 Å².